The van der Waals surface area contributed by atoms with Crippen LogP contribution >= 0.6 is 0 Å². The lowest BCUT2D eigenvalue weighted by Gasteiger charge is -2.26. The van der Waals surface area contributed by atoms with Crippen LogP contribution < -0.4 is 5.73 Å². The van der Waals surface area contributed by atoms with Gasteiger partial charge in [-0.25, -0.2) is 4.79 Å². The lowest BCUT2D eigenvalue weighted by Crippen LogP contribution is -2.24. The van der Waals surface area contributed by atoms with Gasteiger partial charge in [0.05, 0.1) is 6.61 Å². The second-order valence-electron chi connectivity index (χ2n) is 4.89. The van der Waals surface area contributed by atoms with E-state index in [0.29, 0.717) is 6.61 Å². The van der Waals surface area contributed by atoms with Crippen LogP contribution in [0.3, 0.4) is 0 Å². The van der Waals surface area contributed by atoms with Crippen LogP contribution in [0.4, 0.5) is 4.79 Å². The van der Waals surface area contributed by atoms with Crippen molar-refractivity contribution in [2.75, 3.05) is 13.2 Å². The van der Waals surface area contributed by atoms with Crippen molar-refractivity contribution in [2.24, 2.45) is 5.73 Å². The zero-order chi connectivity index (χ0) is 14.7. The number of carbonyl (C=O) groups is 1. The van der Waals surface area contributed by atoms with Crippen molar-refractivity contribution in [3.05, 3.63) is 53.9 Å². The molecule has 2 heterocycles. The molecule has 5 nitrogen and oxygen atoms in total. The predicted molar refractivity (Wildman–Crippen MR) is 77.6 cm³/mol. The van der Waals surface area contributed by atoms with E-state index >= 15 is 0 Å². The molecular weight excluding hydrogens is 268 g/mol. The molecule has 5 heteroatoms. The van der Waals surface area contributed by atoms with E-state index in [1.807, 2.05) is 12.1 Å². The topological polar surface area (TPSA) is 74.4 Å². The maximum Gasteiger partial charge on any atom is 0.404 e. The number of nitrogens with two attached hydrogens (primary N) is 1. The fourth-order valence-electron chi connectivity index (χ4n) is 2.54. The number of carbonyl (C=O) groups excluding carboxylic acids is 1. The highest BCUT2D eigenvalue weighted by Gasteiger charge is 2.22. The Kier molecular flexibility index (Phi) is 3.83. The minimum absolute atomic E-state index is 0.141. The molecule has 2 aromatic rings. The Morgan fingerprint density at radius 1 is 1.29 bits per heavy atom. The van der Waals surface area contributed by atoms with Gasteiger partial charge >= 0.3 is 6.09 Å². The number of primary amides is 1. The predicted octanol–water partition coefficient (Wildman–Crippen LogP) is 2.46. The van der Waals surface area contributed by atoms with Gasteiger partial charge in [-0.05, 0) is 46.9 Å². The van der Waals surface area contributed by atoms with Gasteiger partial charge in [0.1, 0.15) is 12.7 Å². The summed E-state index contributed by atoms with van der Waals surface area (Å²) in [7, 11) is 0. The molecule has 21 heavy (non-hydrogen) atoms. The second-order valence-corrected chi connectivity index (χ2v) is 4.89. The number of hydrogen-bond donors (Lipinski definition) is 1. The van der Waals surface area contributed by atoms with Crippen molar-refractivity contribution in [3.63, 3.8) is 0 Å². The molecule has 0 saturated heterocycles. The summed E-state index contributed by atoms with van der Waals surface area (Å²) < 4.78 is 10.6. The quantitative estimate of drug-likeness (QED) is 0.939. The highest BCUT2D eigenvalue weighted by atomic mass is 16.6. The van der Waals surface area contributed by atoms with Crippen LogP contribution in [-0.2, 0) is 15.9 Å². The summed E-state index contributed by atoms with van der Waals surface area (Å²) in [6.07, 6.45) is 3.34. The fourth-order valence-corrected chi connectivity index (χ4v) is 2.54. The second kappa shape index (κ2) is 5.93. The Balaban J connectivity index is 1.91. The zero-order valence-corrected chi connectivity index (χ0v) is 11.5. The molecule has 1 aliphatic rings. The van der Waals surface area contributed by atoms with Gasteiger partial charge < -0.3 is 15.2 Å². The van der Waals surface area contributed by atoms with Crippen molar-refractivity contribution in [1.82, 2.24) is 4.98 Å². The number of fused-ring (bicyclic) bond motifs is 1. The number of hydrogen-bond acceptors (Lipinski definition) is 4. The van der Waals surface area contributed by atoms with E-state index in [9.17, 15) is 4.79 Å². The van der Waals surface area contributed by atoms with E-state index in [1.54, 1.807) is 12.4 Å². The van der Waals surface area contributed by atoms with Crippen molar-refractivity contribution in [1.29, 1.82) is 0 Å². The molecule has 1 unspecified atom stereocenters. The highest BCUT2D eigenvalue weighted by molar-refractivity contribution is 5.65. The Hall–Kier alpha value is -2.40. The van der Waals surface area contributed by atoms with Gasteiger partial charge in [-0.1, -0.05) is 12.1 Å². The molecule has 0 radical (unpaired) electrons. The third-order valence-electron chi connectivity index (χ3n) is 3.57. The number of nitrogens with zero attached hydrogens (tertiary/aromatic N) is 1. The number of amides is 1. The lowest BCUT2D eigenvalue weighted by molar-refractivity contribution is -0.00217. The number of pyridine rings is 1. The summed E-state index contributed by atoms with van der Waals surface area (Å²) in [5.74, 6) is 0. The van der Waals surface area contributed by atoms with E-state index in [1.165, 1.54) is 5.56 Å². The molecule has 3 rings (SSSR count). The van der Waals surface area contributed by atoms with Crippen molar-refractivity contribution in [2.45, 2.75) is 12.5 Å². The Morgan fingerprint density at radius 3 is 2.86 bits per heavy atom. The van der Waals surface area contributed by atoms with Crippen LogP contribution in [0.2, 0.25) is 0 Å². The summed E-state index contributed by atoms with van der Waals surface area (Å²) in [5, 5.41) is 0. The highest BCUT2D eigenvalue weighted by Crippen LogP contribution is 2.31. The Labute approximate surface area is 122 Å². The minimum atomic E-state index is -0.781. The van der Waals surface area contributed by atoms with E-state index in [2.05, 4.69) is 23.2 Å². The van der Waals surface area contributed by atoms with Crippen molar-refractivity contribution < 1.29 is 14.3 Å². The van der Waals surface area contributed by atoms with Gasteiger partial charge in [0.25, 0.3) is 0 Å². The molecule has 2 N–H and O–H groups in total. The molecule has 1 amide bonds. The van der Waals surface area contributed by atoms with E-state index in [-0.39, 0.29) is 12.7 Å². The van der Waals surface area contributed by atoms with Crippen LogP contribution in [0.15, 0.2) is 42.7 Å². The van der Waals surface area contributed by atoms with Gasteiger partial charge in [-0.15, -0.1) is 0 Å². The average molecular weight is 284 g/mol. The SMILES string of the molecule is NC(=O)OCC1OCCc2ccc(-c3ccncc3)cc21. The van der Waals surface area contributed by atoms with Gasteiger partial charge in [-0.2, -0.15) is 0 Å². The van der Waals surface area contributed by atoms with E-state index in [0.717, 1.165) is 23.1 Å². The molecule has 0 bridgehead atoms. The fraction of sp³-hybridized carbons (Fsp3) is 0.250. The van der Waals surface area contributed by atoms with Gasteiger partial charge in [0.15, 0.2) is 0 Å². The molecule has 1 aromatic heterocycles. The Bertz CT molecular complexity index is 643. The largest absolute Gasteiger partial charge is 0.447 e. The lowest BCUT2D eigenvalue weighted by atomic mass is 9.93. The third-order valence-corrected chi connectivity index (χ3v) is 3.57. The van der Waals surface area contributed by atoms with Crippen LogP contribution in [-0.4, -0.2) is 24.3 Å². The normalized spacial score (nSPS) is 17.0. The monoisotopic (exact) mass is 284 g/mol. The molecule has 0 aliphatic carbocycles. The minimum Gasteiger partial charge on any atom is -0.447 e. The summed E-state index contributed by atoms with van der Waals surface area (Å²) >= 11 is 0. The maximum atomic E-state index is 10.8. The first kappa shape index (κ1) is 13.6. The zero-order valence-electron chi connectivity index (χ0n) is 11.5. The summed E-state index contributed by atoms with van der Waals surface area (Å²) in [6, 6.07) is 10.2. The smallest absolute Gasteiger partial charge is 0.404 e. The molecule has 0 saturated carbocycles. The molecule has 0 fully saturated rings. The molecule has 1 aliphatic heterocycles. The van der Waals surface area contributed by atoms with Gasteiger partial charge in [-0.3, -0.25) is 4.98 Å². The van der Waals surface area contributed by atoms with Gasteiger partial charge in [0.2, 0.25) is 0 Å². The van der Waals surface area contributed by atoms with Crippen molar-refractivity contribution in [3.8, 4) is 11.1 Å². The summed E-state index contributed by atoms with van der Waals surface area (Å²) in [6.45, 7) is 0.760. The van der Waals surface area contributed by atoms with Crippen LogP contribution in [0.1, 0.15) is 17.2 Å². The molecule has 0 spiro atoms. The molecule has 1 atom stereocenters. The number of rotatable bonds is 3. The van der Waals surface area contributed by atoms with Crippen molar-refractivity contribution >= 4 is 6.09 Å². The van der Waals surface area contributed by atoms with E-state index < -0.39 is 6.09 Å². The molecule has 1 aromatic carbocycles. The van der Waals surface area contributed by atoms with Crippen LogP contribution in [0.5, 0.6) is 0 Å². The third kappa shape index (κ3) is 3.03. The van der Waals surface area contributed by atoms with E-state index in [4.69, 9.17) is 15.2 Å². The number of aromatic nitrogens is 1. The van der Waals surface area contributed by atoms with Gasteiger partial charge in [0, 0.05) is 12.4 Å². The number of ether oxygens (including phenoxy) is 2. The first-order chi connectivity index (χ1) is 10.2. The average Bonchev–Trinajstić information content (AvgIpc) is 2.53. The first-order valence-corrected chi connectivity index (χ1v) is 6.81. The molecular formula is C16H16N2O3. The number of benzene rings is 1. The molecule has 108 valence electrons. The summed E-state index contributed by atoms with van der Waals surface area (Å²) in [5.41, 5.74) is 9.48. The first-order valence-electron chi connectivity index (χ1n) is 6.81. The maximum absolute atomic E-state index is 10.8. The van der Waals surface area contributed by atoms with Crippen LogP contribution in [0.25, 0.3) is 11.1 Å². The Morgan fingerprint density at radius 2 is 2.10 bits per heavy atom. The summed E-state index contributed by atoms with van der Waals surface area (Å²) in [4.78, 5) is 14.8. The van der Waals surface area contributed by atoms with Crippen LogP contribution in [0, 0.1) is 0 Å². The standard InChI is InChI=1S/C16H16N2O3/c17-16(19)21-10-15-14-9-13(11-3-6-18-7-4-11)2-1-12(14)5-8-20-15/h1-4,6-7,9,15H,5,8,10H2,(H2,17,19).